The van der Waals surface area contributed by atoms with Crippen molar-refractivity contribution in [2.45, 2.75) is 26.3 Å². The van der Waals surface area contributed by atoms with Gasteiger partial charge in [-0.1, -0.05) is 17.3 Å². The maximum Gasteiger partial charge on any atom is 0.263 e. The van der Waals surface area contributed by atoms with Gasteiger partial charge in [-0.3, -0.25) is 4.79 Å². The van der Waals surface area contributed by atoms with Gasteiger partial charge in [0.15, 0.2) is 0 Å². The molecular formula is C20H23N5O3. The van der Waals surface area contributed by atoms with Crippen molar-refractivity contribution in [3.8, 4) is 5.75 Å². The molecule has 0 radical (unpaired) electrons. The molecule has 3 aromatic rings. The first kappa shape index (κ1) is 18.2. The highest BCUT2D eigenvalue weighted by molar-refractivity contribution is 5.88. The SMILES string of the molecule is COc1ccc(CNC(=O)[C@@H]2CCCN(c3ncnc4onc(C)c34)C2)cc1. The monoisotopic (exact) mass is 381 g/mol. The third kappa shape index (κ3) is 3.62. The number of aryl methyl sites for hydroxylation is 1. The number of carbonyl (C=O) groups excluding carboxylic acids is 1. The van der Waals surface area contributed by atoms with E-state index < -0.39 is 0 Å². The van der Waals surface area contributed by atoms with Gasteiger partial charge in [-0.15, -0.1) is 0 Å². The molecule has 2 aromatic heterocycles. The van der Waals surface area contributed by atoms with Crippen LogP contribution in [0, 0.1) is 12.8 Å². The highest BCUT2D eigenvalue weighted by Crippen LogP contribution is 2.29. The average molecular weight is 381 g/mol. The molecule has 1 amide bonds. The number of methoxy groups -OCH3 is 1. The second kappa shape index (κ2) is 7.84. The smallest absolute Gasteiger partial charge is 0.263 e. The van der Waals surface area contributed by atoms with Crippen molar-refractivity contribution in [2.75, 3.05) is 25.1 Å². The Morgan fingerprint density at radius 1 is 1.32 bits per heavy atom. The topological polar surface area (TPSA) is 93.4 Å². The van der Waals surface area contributed by atoms with Crippen LogP contribution in [0.2, 0.25) is 0 Å². The van der Waals surface area contributed by atoms with Crippen molar-refractivity contribution in [1.29, 1.82) is 0 Å². The Bertz CT molecular complexity index is 970. The van der Waals surface area contributed by atoms with Gasteiger partial charge in [0.25, 0.3) is 5.71 Å². The van der Waals surface area contributed by atoms with Crippen LogP contribution in [0.25, 0.3) is 11.1 Å². The Morgan fingerprint density at radius 3 is 2.93 bits per heavy atom. The number of amides is 1. The van der Waals surface area contributed by atoms with Gasteiger partial charge in [0, 0.05) is 19.6 Å². The van der Waals surface area contributed by atoms with Crippen molar-refractivity contribution >= 4 is 22.8 Å². The van der Waals surface area contributed by atoms with E-state index >= 15 is 0 Å². The maximum atomic E-state index is 12.7. The number of anilines is 1. The number of aromatic nitrogens is 3. The molecule has 1 fully saturated rings. The van der Waals surface area contributed by atoms with Crippen molar-refractivity contribution in [3.05, 3.63) is 41.9 Å². The summed E-state index contributed by atoms with van der Waals surface area (Å²) in [7, 11) is 1.64. The van der Waals surface area contributed by atoms with Gasteiger partial charge in [0.1, 0.15) is 23.3 Å². The van der Waals surface area contributed by atoms with Gasteiger partial charge < -0.3 is 19.5 Å². The van der Waals surface area contributed by atoms with E-state index in [2.05, 4.69) is 25.3 Å². The fourth-order valence-electron chi connectivity index (χ4n) is 3.60. The number of fused-ring (bicyclic) bond motifs is 1. The molecule has 0 aliphatic carbocycles. The Labute approximate surface area is 162 Å². The second-order valence-corrected chi connectivity index (χ2v) is 7.00. The predicted molar refractivity (Wildman–Crippen MR) is 104 cm³/mol. The summed E-state index contributed by atoms with van der Waals surface area (Å²) in [5.74, 6) is 1.57. The van der Waals surface area contributed by atoms with Gasteiger partial charge in [0.05, 0.1) is 18.7 Å². The Kier molecular flexibility index (Phi) is 5.10. The highest BCUT2D eigenvalue weighted by atomic mass is 16.5. The van der Waals surface area contributed by atoms with Gasteiger partial charge in [-0.25, -0.2) is 4.98 Å². The summed E-state index contributed by atoms with van der Waals surface area (Å²) in [5, 5.41) is 7.86. The zero-order chi connectivity index (χ0) is 19.5. The molecule has 1 N–H and O–H groups in total. The second-order valence-electron chi connectivity index (χ2n) is 7.00. The first-order chi connectivity index (χ1) is 13.7. The summed E-state index contributed by atoms with van der Waals surface area (Å²) in [5.41, 5.74) is 2.28. The lowest BCUT2D eigenvalue weighted by atomic mass is 9.96. The standard InChI is InChI=1S/C20H23N5O3/c1-13-17-18(22-12-23-20(17)28-24-13)25-9-3-4-15(11-25)19(26)21-10-14-5-7-16(27-2)8-6-14/h5-8,12,15H,3-4,9-11H2,1-2H3,(H,21,26)/t15-/m1/s1. The van der Waals surface area contributed by atoms with E-state index in [-0.39, 0.29) is 11.8 Å². The molecule has 1 saturated heterocycles. The Hall–Kier alpha value is -3.16. The van der Waals surface area contributed by atoms with Crippen LogP contribution < -0.4 is 15.0 Å². The number of benzene rings is 1. The summed E-state index contributed by atoms with van der Waals surface area (Å²) >= 11 is 0. The van der Waals surface area contributed by atoms with Crippen molar-refractivity contribution in [2.24, 2.45) is 5.92 Å². The quantitative estimate of drug-likeness (QED) is 0.725. The van der Waals surface area contributed by atoms with E-state index in [0.717, 1.165) is 47.6 Å². The number of piperidine rings is 1. The van der Waals surface area contributed by atoms with Crippen LogP contribution >= 0.6 is 0 Å². The number of hydrogen-bond acceptors (Lipinski definition) is 7. The number of carbonyl (C=O) groups is 1. The van der Waals surface area contributed by atoms with Crippen molar-refractivity contribution in [1.82, 2.24) is 20.4 Å². The van der Waals surface area contributed by atoms with E-state index in [1.165, 1.54) is 6.33 Å². The van der Waals surface area contributed by atoms with E-state index in [4.69, 9.17) is 9.26 Å². The predicted octanol–water partition coefficient (Wildman–Crippen LogP) is 2.47. The van der Waals surface area contributed by atoms with Crippen LogP contribution in [0.4, 0.5) is 5.82 Å². The zero-order valence-corrected chi connectivity index (χ0v) is 16.0. The molecule has 8 heteroatoms. The molecule has 146 valence electrons. The number of rotatable bonds is 5. The molecule has 0 saturated carbocycles. The lowest BCUT2D eigenvalue weighted by Gasteiger charge is -2.33. The van der Waals surface area contributed by atoms with Gasteiger partial charge >= 0.3 is 0 Å². The Morgan fingerprint density at radius 2 is 2.14 bits per heavy atom. The minimum Gasteiger partial charge on any atom is -0.497 e. The summed E-state index contributed by atoms with van der Waals surface area (Å²) < 4.78 is 10.4. The number of hydrogen-bond donors (Lipinski definition) is 1. The summed E-state index contributed by atoms with van der Waals surface area (Å²) in [6.07, 6.45) is 3.27. The van der Waals surface area contributed by atoms with Gasteiger partial charge in [-0.2, -0.15) is 4.98 Å². The first-order valence-electron chi connectivity index (χ1n) is 9.38. The molecule has 1 aromatic carbocycles. The van der Waals surface area contributed by atoms with Crippen molar-refractivity contribution in [3.63, 3.8) is 0 Å². The fraction of sp³-hybridized carbons (Fsp3) is 0.400. The van der Waals surface area contributed by atoms with E-state index in [0.29, 0.717) is 18.8 Å². The lowest BCUT2D eigenvalue weighted by molar-refractivity contribution is -0.125. The van der Waals surface area contributed by atoms with E-state index in [1.54, 1.807) is 7.11 Å². The van der Waals surface area contributed by atoms with E-state index in [1.807, 2.05) is 31.2 Å². The molecule has 28 heavy (non-hydrogen) atoms. The lowest BCUT2D eigenvalue weighted by Crippen LogP contribution is -2.43. The molecule has 8 nitrogen and oxygen atoms in total. The molecule has 0 bridgehead atoms. The molecule has 0 unspecified atom stereocenters. The third-order valence-electron chi connectivity index (χ3n) is 5.14. The van der Waals surface area contributed by atoms with E-state index in [9.17, 15) is 4.79 Å². The molecule has 0 spiro atoms. The van der Waals surface area contributed by atoms with Crippen molar-refractivity contribution < 1.29 is 14.1 Å². The molecule has 1 aliphatic rings. The van der Waals surface area contributed by atoms with Crippen LogP contribution in [-0.2, 0) is 11.3 Å². The summed E-state index contributed by atoms with van der Waals surface area (Å²) in [4.78, 5) is 23.4. The highest BCUT2D eigenvalue weighted by Gasteiger charge is 2.28. The van der Waals surface area contributed by atoms with Crippen LogP contribution in [0.3, 0.4) is 0 Å². The number of nitrogens with zero attached hydrogens (tertiary/aromatic N) is 4. The summed E-state index contributed by atoms with van der Waals surface area (Å²) in [6.45, 7) is 3.84. The minimum absolute atomic E-state index is 0.0628. The van der Waals surface area contributed by atoms with Crippen LogP contribution in [0.5, 0.6) is 5.75 Å². The molecule has 4 rings (SSSR count). The zero-order valence-electron chi connectivity index (χ0n) is 16.0. The average Bonchev–Trinajstić information content (AvgIpc) is 3.13. The fourth-order valence-corrected chi connectivity index (χ4v) is 3.60. The number of ether oxygens (including phenoxy) is 1. The van der Waals surface area contributed by atoms with Gasteiger partial charge in [-0.05, 0) is 37.5 Å². The van der Waals surface area contributed by atoms with Crippen LogP contribution in [-0.4, -0.2) is 41.2 Å². The summed E-state index contributed by atoms with van der Waals surface area (Å²) in [6, 6.07) is 7.70. The molecule has 3 heterocycles. The molecule has 1 aliphatic heterocycles. The maximum absolute atomic E-state index is 12.7. The van der Waals surface area contributed by atoms with Crippen LogP contribution in [0.1, 0.15) is 24.1 Å². The first-order valence-corrected chi connectivity index (χ1v) is 9.38. The Balaban J connectivity index is 1.42. The van der Waals surface area contributed by atoms with Gasteiger partial charge in [0.2, 0.25) is 5.91 Å². The van der Waals surface area contributed by atoms with Crippen LogP contribution in [0.15, 0.2) is 35.1 Å². The molecular weight excluding hydrogens is 358 g/mol. The number of nitrogens with one attached hydrogen (secondary N) is 1. The third-order valence-corrected chi connectivity index (χ3v) is 5.14. The largest absolute Gasteiger partial charge is 0.497 e. The normalized spacial score (nSPS) is 16.9. The molecule has 1 atom stereocenters. The minimum atomic E-state index is -0.0859.